The molecule has 1 fully saturated rings. The quantitative estimate of drug-likeness (QED) is 0.667. The van der Waals surface area contributed by atoms with Crippen molar-refractivity contribution in [3.8, 4) is 0 Å². The summed E-state index contributed by atoms with van der Waals surface area (Å²) in [6, 6.07) is 8.11. The lowest BCUT2D eigenvalue weighted by atomic mass is 10.1. The minimum atomic E-state index is -0.937. The second-order valence-electron chi connectivity index (χ2n) is 4.73. The number of carbonyl (C=O) groups excluding carboxylic acids is 1. The number of hydrogen-bond acceptors (Lipinski definition) is 4. The molecule has 0 unspecified atom stereocenters. The number of hydrogen-bond donors (Lipinski definition) is 1. The molecule has 0 spiro atoms. The molecule has 21 heavy (non-hydrogen) atoms. The van der Waals surface area contributed by atoms with Crippen molar-refractivity contribution in [3.63, 3.8) is 0 Å². The first kappa shape index (κ1) is 15.7. The first-order valence-corrected chi connectivity index (χ1v) is 7.71. The fourth-order valence-corrected chi connectivity index (χ4v) is 3.15. The molecule has 1 saturated heterocycles. The van der Waals surface area contributed by atoms with Crippen molar-refractivity contribution in [1.29, 1.82) is 0 Å². The van der Waals surface area contributed by atoms with Gasteiger partial charge < -0.3 is 5.11 Å². The molecule has 1 aromatic rings. The van der Waals surface area contributed by atoms with Crippen LogP contribution in [0, 0.1) is 6.92 Å². The van der Waals surface area contributed by atoms with Gasteiger partial charge in [-0.2, -0.15) is 0 Å². The van der Waals surface area contributed by atoms with E-state index in [4.69, 9.17) is 17.3 Å². The van der Waals surface area contributed by atoms with Gasteiger partial charge in [0.1, 0.15) is 4.32 Å². The monoisotopic (exact) mass is 321 g/mol. The Hall–Kier alpha value is -1.66. The molecular formula is C15H15NO3S2. The lowest BCUT2D eigenvalue weighted by Gasteiger charge is -2.12. The summed E-state index contributed by atoms with van der Waals surface area (Å²) >= 11 is 6.36. The summed E-state index contributed by atoms with van der Waals surface area (Å²) in [4.78, 5) is 24.7. The van der Waals surface area contributed by atoms with Crippen LogP contribution in [0.1, 0.15) is 17.5 Å². The molecule has 1 N–H and O–H groups in total. The molecule has 110 valence electrons. The van der Waals surface area contributed by atoms with Crippen LogP contribution in [0.4, 0.5) is 0 Å². The molecule has 1 heterocycles. The van der Waals surface area contributed by atoms with Gasteiger partial charge in [0.05, 0.1) is 11.3 Å². The highest BCUT2D eigenvalue weighted by Crippen LogP contribution is 2.31. The predicted octanol–water partition coefficient (Wildman–Crippen LogP) is 2.76. The van der Waals surface area contributed by atoms with Crippen LogP contribution >= 0.6 is 24.0 Å². The Morgan fingerprint density at radius 3 is 2.67 bits per heavy atom. The molecule has 0 saturated carbocycles. The Morgan fingerprint density at radius 2 is 2.05 bits per heavy atom. The minimum Gasteiger partial charge on any atom is -0.481 e. The summed E-state index contributed by atoms with van der Waals surface area (Å²) in [5.41, 5.74) is 2.31. The number of amides is 1. The Balaban J connectivity index is 2.02. The van der Waals surface area contributed by atoms with Crippen LogP contribution in [0.5, 0.6) is 0 Å². The van der Waals surface area contributed by atoms with Crippen LogP contribution in [0.15, 0.2) is 35.2 Å². The van der Waals surface area contributed by atoms with E-state index >= 15 is 0 Å². The number of nitrogens with zero attached hydrogens (tertiary/aromatic N) is 1. The number of aryl methyl sites for hydroxylation is 1. The molecule has 6 heteroatoms. The Kier molecular flexibility index (Phi) is 5.14. The molecule has 1 aromatic carbocycles. The molecular weight excluding hydrogens is 306 g/mol. The summed E-state index contributed by atoms with van der Waals surface area (Å²) in [7, 11) is 0. The highest BCUT2D eigenvalue weighted by molar-refractivity contribution is 8.26. The topological polar surface area (TPSA) is 57.6 Å². The van der Waals surface area contributed by atoms with Gasteiger partial charge in [0.2, 0.25) is 0 Å². The summed E-state index contributed by atoms with van der Waals surface area (Å²) in [6.07, 6.45) is 2.41. The van der Waals surface area contributed by atoms with E-state index in [1.54, 1.807) is 0 Å². The van der Waals surface area contributed by atoms with Crippen LogP contribution < -0.4 is 0 Å². The number of thiocarbonyl (C=S) groups is 1. The van der Waals surface area contributed by atoms with Crippen molar-refractivity contribution in [1.82, 2.24) is 4.90 Å². The van der Waals surface area contributed by atoms with Crippen LogP contribution in [-0.4, -0.2) is 32.7 Å². The van der Waals surface area contributed by atoms with Crippen molar-refractivity contribution in [2.24, 2.45) is 0 Å². The molecule has 0 atom stereocenters. The maximum atomic E-state index is 12.2. The number of thioether (sulfide) groups is 1. The van der Waals surface area contributed by atoms with Gasteiger partial charge in [-0.15, -0.1) is 0 Å². The van der Waals surface area contributed by atoms with Crippen LogP contribution in [0.3, 0.4) is 0 Å². The number of allylic oxidation sites excluding steroid dienone is 1. The molecule has 1 aliphatic heterocycles. The summed E-state index contributed by atoms with van der Waals surface area (Å²) < 4.78 is 0.427. The zero-order valence-corrected chi connectivity index (χ0v) is 13.2. The van der Waals surface area contributed by atoms with Crippen LogP contribution in [0.2, 0.25) is 0 Å². The highest BCUT2D eigenvalue weighted by atomic mass is 32.2. The second kappa shape index (κ2) is 6.87. The van der Waals surface area contributed by atoms with Gasteiger partial charge in [0.15, 0.2) is 0 Å². The lowest BCUT2D eigenvalue weighted by molar-refractivity contribution is -0.137. The normalized spacial score (nSPS) is 16.8. The van der Waals surface area contributed by atoms with Gasteiger partial charge >= 0.3 is 5.97 Å². The number of rotatable bonds is 5. The van der Waals surface area contributed by atoms with E-state index in [1.165, 1.54) is 22.2 Å². The fraction of sp³-hybridized carbons (Fsp3) is 0.267. The van der Waals surface area contributed by atoms with Gasteiger partial charge in [-0.25, -0.2) is 0 Å². The Morgan fingerprint density at radius 1 is 1.38 bits per heavy atom. The van der Waals surface area contributed by atoms with Gasteiger partial charge in [0, 0.05) is 6.54 Å². The van der Waals surface area contributed by atoms with E-state index in [2.05, 4.69) is 0 Å². The lowest BCUT2D eigenvalue weighted by Crippen LogP contribution is -2.30. The van der Waals surface area contributed by atoms with E-state index in [1.807, 2.05) is 37.3 Å². The molecule has 2 rings (SSSR count). The number of benzene rings is 1. The maximum Gasteiger partial charge on any atom is 0.305 e. The number of carbonyl (C=O) groups is 2. The van der Waals surface area contributed by atoms with Gasteiger partial charge in [-0.3, -0.25) is 14.5 Å². The average molecular weight is 321 g/mol. The molecule has 4 nitrogen and oxygen atoms in total. The van der Waals surface area contributed by atoms with Crippen LogP contribution in [-0.2, 0) is 16.0 Å². The standard InChI is InChI=1S/C15H15NO3S2/c1-10-2-4-11(5-3-10)6-7-12-14(19)16(15(20)21-12)9-8-13(17)18/h2-5,7H,6,8-9H2,1H3,(H,17,18). The smallest absolute Gasteiger partial charge is 0.305 e. The first-order chi connectivity index (χ1) is 9.97. The highest BCUT2D eigenvalue weighted by Gasteiger charge is 2.31. The largest absolute Gasteiger partial charge is 0.481 e. The summed E-state index contributed by atoms with van der Waals surface area (Å²) in [6.45, 7) is 2.15. The Labute approximate surface area is 132 Å². The van der Waals surface area contributed by atoms with Crippen molar-refractivity contribution < 1.29 is 14.7 Å². The van der Waals surface area contributed by atoms with Crippen molar-refractivity contribution in [2.45, 2.75) is 19.8 Å². The van der Waals surface area contributed by atoms with Crippen molar-refractivity contribution in [2.75, 3.05) is 6.54 Å². The predicted molar refractivity (Wildman–Crippen MR) is 87.1 cm³/mol. The van der Waals surface area contributed by atoms with Gasteiger partial charge in [0.25, 0.3) is 5.91 Å². The molecule has 0 radical (unpaired) electrons. The Bertz CT molecular complexity index is 608. The summed E-state index contributed by atoms with van der Waals surface area (Å²) in [5.74, 6) is -1.13. The third-order valence-electron chi connectivity index (χ3n) is 3.07. The minimum absolute atomic E-state index is 0.0995. The number of aliphatic carboxylic acids is 1. The van der Waals surface area contributed by atoms with Crippen molar-refractivity contribution in [3.05, 3.63) is 46.4 Å². The number of carboxylic acids is 1. The van der Waals surface area contributed by atoms with E-state index in [9.17, 15) is 9.59 Å². The molecule has 0 aromatic heterocycles. The number of carboxylic acid groups (broad SMARTS) is 1. The third kappa shape index (κ3) is 4.15. The SMILES string of the molecule is Cc1ccc(CC=C2SC(=S)N(CCC(=O)O)C2=O)cc1. The molecule has 1 amide bonds. The molecule has 0 bridgehead atoms. The summed E-state index contributed by atoms with van der Waals surface area (Å²) in [5, 5.41) is 8.68. The average Bonchev–Trinajstić information content (AvgIpc) is 2.70. The van der Waals surface area contributed by atoms with Crippen LogP contribution in [0.25, 0.3) is 0 Å². The van der Waals surface area contributed by atoms with Crippen molar-refractivity contribution >= 4 is 40.2 Å². The van der Waals surface area contributed by atoms with E-state index in [0.717, 1.165) is 5.56 Å². The van der Waals surface area contributed by atoms with Gasteiger partial charge in [-0.1, -0.05) is 59.9 Å². The van der Waals surface area contributed by atoms with E-state index in [-0.39, 0.29) is 18.9 Å². The fourth-order valence-electron chi connectivity index (χ4n) is 1.87. The van der Waals surface area contributed by atoms with E-state index < -0.39 is 5.97 Å². The third-order valence-corrected chi connectivity index (χ3v) is 4.49. The maximum absolute atomic E-state index is 12.2. The second-order valence-corrected chi connectivity index (χ2v) is 6.40. The zero-order chi connectivity index (χ0) is 15.4. The van der Waals surface area contributed by atoms with E-state index in [0.29, 0.717) is 15.6 Å². The first-order valence-electron chi connectivity index (χ1n) is 6.48. The zero-order valence-electron chi connectivity index (χ0n) is 11.5. The molecule has 0 aliphatic carbocycles. The molecule has 1 aliphatic rings. The van der Waals surface area contributed by atoms with Gasteiger partial charge in [-0.05, 0) is 18.9 Å².